The molecule has 2 aromatic rings. The Morgan fingerprint density at radius 2 is 1.79 bits per heavy atom. The van der Waals surface area contributed by atoms with Gasteiger partial charge in [-0.25, -0.2) is 8.78 Å². The maximum atomic E-state index is 13.2. The quantitative estimate of drug-likeness (QED) is 0.681. The van der Waals surface area contributed by atoms with Gasteiger partial charge in [0.1, 0.15) is 11.6 Å². The molecule has 0 aliphatic carbocycles. The fourth-order valence-corrected chi connectivity index (χ4v) is 2.54. The molecule has 0 aliphatic heterocycles. The van der Waals surface area contributed by atoms with E-state index >= 15 is 0 Å². The summed E-state index contributed by atoms with van der Waals surface area (Å²) >= 11 is 6.20. The molecule has 2 rings (SSSR count). The zero-order chi connectivity index (χ0) is 14.0. The van der Waals surface area contributed by atoms with Crippen LogP contribution in [0.3, 0.4) is 0 Å². The van der Waals surface area contributed by atoms with Crippen LogP contribution in [-0.2, 0) is 6.42 Å². The van der Waals surface area contributed by atoms with Crippen LogP contribution >= 0.6 is 31.9 Å². The van der Waals surface area contributed by atoms with Crippen molar-refractivity contribution >= 4 is 37.6 Å². The van der Waals surface area contributed by atoms with Gasteiger partial charge >= 0.3 is 0 Å². The van der Waals surface area contributed by atoms with Crippen molar-refractivity contribution in [3.63, 3.8) is 0 Å². The van der Waals surface area contributed by atoms with E-state index in [2.05, 4.69) is 31.9 Å². The Balaban J connectivity index is 2.22. The van der Waals surface area contributed by atoms with Gasteiger partial charge in [-0.2, -0.15) is 0 Å². The molecule has 0 radical (unpaired) electrons. The van der Waals surface area contributed by atoms with Crippen LogP contribution < -0.4 is 0 Å². The van der Waals surface area contributed by atoms with Crippen LogP contribution in [0.2, 0.25) is 0 Å². The summed E-state index contributed by atoms with van der Waals surface area (Å²) in [5.74, 6) is -1.08. The fourth-order valence-electron chi connectivity index (χ4n) is 1.65. The number of ketones is 1. The highest BCUT2D eigenvalue weighted by molar-refractivity contribution is 9.10. The smallest absolute Gasteiger partial charge is 0.167 e. The van der Waals surface area contributed by atoms with E-state index < -0.39 is 5.82 Å². The largest absolute Gasteiger partial charge is 0.294 e. The summed E-state index contributed by atoms with van der Waals surface area (Å²) in [7, 11) is 0. The second-order valence-corrected chi connectivity index (χ2v) is 5.78. The van der Waals surface area contributed by atoms with Crippen LogP contribution in [0.25, 0.3) is 0 Å². The molecule has 0 saturated heterocycles. The highest BCUT2D eigenvalue weighted by atomic mass is 79.9. The molecule has 0 bridgehead atoms. The van der Waals surface area contributed by atoms with E-state index in [9.17, 15) is 13.6 Å². The third-order valence-electron chi connectivity index (χ3n) is 2.53. The number of carbonyl (C=O) groups excluding carboxylic acids is 1. The Bertz CT molecular complexity index is 621. The highest BCUT2D eigenvalue weighted by Gasteiger charge is 2.10. The first-order valence-corrected chi connectivity index (χ1v) is 6.97. The average Bonchev–Trinajstić information content (AvgIpc) is 2.32. The van der Waals surface area contributed by atoms with Crippen molar-refractivity contribution in [3.05, 3.63) is 68.1 Å². The Labute approximate surface area is 125 Å². The van der Waals surface area contributed by atoms with Crippen LogP contribution in [0.4, 0.5) is 8.78 Å². The third-order valence-corrected chi connectivity index (χ3v) is 3.60. The minimum Gasteiger partial charge on any atom is -0.294 e. The zero-order valence-electron chi connectivity index (χ0n) is 9.59. The number of hydrogen-bond acceptors (Lipinski definition) is 1. The topological polar surface area (TPSA) is 17.1 Å². The molecular formula is C14H8Br2F2O. The maximum Gasteiger partial charge on any atom is 0.167 e. The molecule has 0 saturated carbocycles. The Kier molecular flexibility index (Phi) is 4.47. The van der Waals surface area contributed by atoms with Gasteiger partial charge in [-0.05, 0) is 51.8 Å². The average molecular weight is 390 g/mol. The van der Waals surface area contributed by atoms with E-state index in [1.165, 1.54) is 24.3 Å². The first kappa shape index (κ1) is 14.3. The van der Waals surface area contributed by atoms with Crippen molar-refractivity contribution in [1.29, 1.82) is 0 Å². The summed E-state index contributed by atoms with van der Waals surface area (Å²) in [5.41, 5.74) is 0.950. The Hall–Kier alpha value is -1.07. The van der Waals surface area contributed by atoms with Crippen LogP contribution in [0.15, 0.2) is 45.3 Å². The van der Waals surface area contributed by atoms with Gasteiger partial charge in [0.05, 0.1) is 4.47 Å². The van der Waals surface area contributed by atoms with Crippen LogP contribution in [-0.4, -0.2) is 5.78 Å². The highest BCUT2D eigenvalue weighted by Crippen LogP contribution is 2.20. The lowest BCUT2D eigenvalue weighted by Crippen LogP contribution is -2.04. The maximum absolute atomic E-state index is 13.2. The molecule has 98 valence electrons. The number of benzene rings is 2. The molecule has 0 fully saturated rings. The van der Waals surface area contributed by atoms with E-state index in [1.807, 2.05) is 0 Å². The zero-order valence-corrected chi connectivity index (χ0v) is 12.8. The van der Waals surface area contributed by atoms with Gasteiger partial charge in [0.2, 0.25) is 0 Å². The van der Waals surface area contributed by atoms with Crippen molar-refractivity contribution in [2.75, 3.05) is 0 Å². The molecule has 0 spiro atoms. The molecule has 1 nitrogen and oxygen atoms in total. The first-order chi connectivity index (χ1) is 8.95. The van der Waals surface area contributed by atoms with Crippen LogP contribution in [0, 0.1) is 11.6 Å². The molecule has 0 N–H and O–H groups in total. The van der Waals surface area contributed by atoms with Gasteiger partial charge in [-0.3, -0.25) is 4.79 Å². The van der Waals surface area contributed by atoms with E-state index in [4.69, 9.17) is 0 Å². The van der Waals surface area contributed by atoms with E-state index in [0.717, 1.165) is 0 Å². The van der Waals surface area contributed by atoms with Crippen LogP contribution in [0.5, 0.6) is 0 Å². The minimum atomic E-state index is -0.474. The molecule has 0 amide bonds. The van der Waals surface area contributed by atoms with Gasteiger partial charge in [0.15, 0.2) is 5.78 Å². The summed E-state index contributed by atoms with van der Waals surface area (Å²) in [6.07, 6.45) is 0.0920. The number of rotatable bonds is 3. The molecule has 5 heteroatoms. The lowest BCUT2D eigenvalue weighted by molar-refractivity contribution is 0.0992. The van der Waals surface area contributed by atoms with Crippen molar-refractivity contribution < 1.29 is 13.6 Å². The van der Waals surface area contributed by atoms with E-state index in [0.29, 0.717) is 14.5 Å². The first-order valence-electron chi connectivity index (χ1n) is 5.39. The molecule has 19 heavy (non-hydrogen) atoms. The number of carbonyl (C=O) groups is 1. The predicted molar refractivity (Wildman–Crippen MR) is 76.2 cm³/mol. The van der Waals surface area contributed by atoms with Crippen molar-refractivity contribution in [2.24, 2.45) is 0 Å². The Morgan fingerprint density at radius 3 is 2.42 bits per heavy atom. The normalized spacial score (nSPS) is 10.5. The van der Waals surface area contributed by atoms with E-state index in [-0.39, 0.29) is 23.6 Å². The second kappa shape index (κ2) is 5.92. The third kappa shape index (κ3) is 3.70. The molecule has 2 aromatic carbocycles. The fraction of sp³-hybridized carbons (Fsp3) is 0.0714. The van der Waals surface area contributed by atoms with Gasteiger partial charge in [-0.15, -0.1) is 0 Å². The SMILES string of the molecule is O=C(Cc1ccc(F)c(Br)c1)c1cc(F)cc(Br)c1. The summed E-state index contributed by atoms with van der Waals surface area (Å²) in [6, 6.07) is 8.39. The molecule has 0 heterocycles. The number of halogens is 4. The standard InChI is InChI=1S/C14H8Br2F2O/c15-10-5-9(6-11(17)7-10)14(19)4-8-1-2-13(18)12(16)3-8/h1-3,5-7H,4H2. The van der Waals surface area contributed by atoms with Crippen molar-refractivity contribution in [1.82, 2.24) is 0 Å². The van der Waals surface area contributed by atoms with Crippen LogP contribution in [0.1, 0.15) is 15.9 Å². The summed E-state index contributed by atoms with van der Waals surface area (Å²) in [6.45, 7) is 0. The molecule has 0 unspecified atom stereocenters. The monoisotopic (exact) mass is 388 g/mol. The molecular weight excluding hydrogens is 382 g/mol. The van der Waals surface area contributed by atoms with Gasteiger partial charge in [0, 0.05) is 16.5 Å². The second-order valence-electron chi connectivity index (χ2n) is 4.01. The summed E-state index contributed by atoms with van der Waals surface area (Å²) in [5, 5.41) is 0. The molecule has 0 aliphatic rings. The van der Waals surface area contributed by atoms with Crippen molar-refractivity contribution in [3.8, 4) is 0 Å². The summed E-state index contributed by atoms with van der Waals surface area (Å²) in [4.78, 5) is 12.0. The van der Waals surface area contributed by atoms with Crippen molar-refractivity contribution in [2.45, 2.75) is 6.42 Å². The predicted octanol–water partition coefficient (Wildman–Crippen LogP) is 4.92. The lowest BCUT2D eigenvalue weighted by atomic mass is 10.0. The number of Topliss-reactive ketones (excluding diaryl/α,β-unsaturated/α-hetero) is 1. The van der Waals surface area contributed by atoms with Gasteiger partial charge in [0.25, 0.3) is 0 Å². The summed E-state index contributed by atoms with van der Waals surface area (Å²) < 4.78 is 27.1. The van der Waals surface area contributed by atoms with E-state index in [1.54, 1.807) is 12.1 Å². The number of hydrogen-bond donors (Lipinski definition) is 0. The van der Waals surface area contributed by atoms with Gasteiger partial charge in [-0.1, -0.05) is 22.0 Å². The van der Waals surface area contributed by atoms with Gasteiger partial charge < -0.3 is 0 Å². The Morgan fingerprint density at radius 1 is 1.05 bits per heavy atom. The minimum absolute atomic E-state index is 0.0920. The molecule has 0 aromatic heterocycles. The lowest BCUT2D eigenvalue weighted by Gasteiger charge is -2.04. The molecule has 0 atom stereocenters.